The molecule has 3 unspecified atom stereocenters. The molecule has 46 heavy (non-hydrogen) atoms. The van der Waals surface area contributed by atoms with Gasteiger partial charge in [0.1, 0.15) is 35.6 Å². The normalized spacial score (nSPS) is 28.8. The first-order valence-electron chi connectivity index (χ1n) is 15.9. The van der Waals surface area contributed by atoms with E-state index in [2.05, 4.69) is 20.2 Å². The molecule has 0 amide bonds. The third kappa shape index (κ3) is 4.36. The first-order valence-corrected chi connectivity index (χ1v) is 15.9. The van der Waals surface area contributed by atoms with Gasteiger partial charge < -0.3 is 20.3 Å². The molecule has 0 bridgehead atoms. The van der Waals surface area contributed by atoms with Crippen LogP contribution < -0.4 is 10.1 Å². The molecule has 4 aromatic rings. The molecule has 4 fully saturated rings. The van der Waals surface area contributed by atoms with Crippen molar-refractivity contribution in [1.82, 2.24) is 25.2 Å². The third-order valence-electron chi connectivity index (χ3n) is 10.9. The molecule has 9 nitrogen and oxygen atoms in total. The number of halogens is 3. The van der Waals surface area contributed by atoms with Crippen LogP contribution >= 0.6 is 0 Å². The van der Waals surface area contributed by atoms with E-state index in [-0.39, 0.29) is 41.1 Å². The van der Waals surface area contributed by atoms with Crippen molar-refractivity contribution in [1.29, 1.82) is 0 Å². The van der Waals surface area contributed by atoms with Crippen LogP contribution in [0.5, 0.6) is 11.8 Å². The van der Waals surface area contributed by atoms with Crippen LogP contribution in [-0.2, 0) is 11.2 Å². The Morgan fingerprint density at radius 2 is 2.07 bits per heavy atom. The number of hydrogen-bond donors (Lipinski definition) is 3. The Kier molecular flexibility index (Phi) is 6.70. The lowest BCUT2D eigenvalue weighted by Gasteiger charge is -2.30. The lowest BCUT2D eigenvalue weighted by molar-refractivity contribution is -0.142. The monoisotopic (exact) mass is 633 g/mol. The number of carboxylic acids is 1. The second-order valence-corrected chi connectivity index (χ2v) is 13.4. The van der Waals surface area contributed by atoms with Gasteiger partial charge in [0.2, 0.25) is 0 Å². The summed E-state index contributed by atoms with van der Waals surface area (Å²) in [5.41, 5.74) is -0.179. The smallest absolute Gasteiger partial charge is 0.317 e. The predicted octanol–water partition coefficient (Wildman–Crippen LogP) is 5.12. The summed E-state index contributed by atoms with van der Waals surface area (Å²) in [6.07, 6.45) is 3.44. The second kappa shape index (κ2) is 10.5. The summed E-state index contributed by atoms with van der Waals surface area (Å²) in [7, 11) is 0. The summed E-state index contributed by atoms with van der Waals surface area (Å²) in [6, 6.07) is 5.67. The summed E-state index contributed by atoms with van der Waals surface area (Å²) in [6.45, 7) is 3.89. The van der Waals surface area contributed by atoms with Crippen LogP contribution in [0.2, 0.25) is 0 Å². The standard InChI is InChI=1S/C34H34F3N5O4/c1-2-20-25(36)5-4-17-8-19(43)9-21(26(17)20)29-27(37)30-22(12-39-29)28(23-11-34(23)15-38-13-24(34)31(44)45)40-32(41-30)46-16-33-6-3-7-42(33)14-18(35)10-33/h4-5,8-9,12,18,23-24,38,43H,2-3,6-7,10-11,13-16H2,1H3,(H,44,45)/t18-,23?,24?,33+,34?/m1/s1. The number of phenols is 1. The number of aliphatic carboxylic acids is 1. The maximum Gasteiger partial charge on any atom is 0.317 e. The number of nitrogens with zero attached hydrogens (tertiary/aromatic N) is 4. The van der Waals surface area contributed by atoms with Crippen molar-refractivity contribution in [2.45, 2.75) is 56.7 Å². The van der Waals surface area contributed by atoms with E-state index in [4.69, 9.17) is 9.72 Å². The number of phenolic OH excluding ortho intramolecular Hbond substituents is 1. The number of carbonyl (C=O) groups is 1. The van der Waals surface area contributed by atoms with E-state index in [1.54, 1.807) is 6.92 Å². The van der Waals surface area contributed by atoms with E-state index in [9.17, 15) is 23.8 Å². The molecule has 5 heterocycles. The van der Waals surface area contributed by atoms with Gasteiger partial charge in [-0.1, -0.05) is 13.0 Å². The Morgan fingerprint density at radius 1 is 1.22 bits per heavy atom. The number of alkyl halides is 1. The van der Waals surface area contributed by atoms with E-state index >= 15 is 4.39 Å². The molecule has 8 rings (SSSR count). The molecule has 3 saturated heterocycles. The highest BCUT2D eigenvalue weighted by atomic mass is 19.1. The lowest BCUT2D eigenvalue weighted by Crippen LogP contribution is -2.43. The van der Waals surface area contributed by atoms with Crippen LogP contribution in [0.3, 0.4) is 0 Å². The topological polar surface area (TPSA) is 121 Å². The first-order chi connectivity index (χ1) is 22.1. The molecule has 0 radical (unpaired) electrons. The average molecular weight is 634 g/mol. The highest BCUT2D eigenvalue weighted by Gasteiger charge is 2.65. The van der Waals surface area contributed by atoms with Crippen molar-refractivity contribution in [3.05, 3.63) is 53.4 Å². The number of nitrogens with one attached hydrogen (secondary N) is 1. The Bertz CT molecular complexity index is 1930. The largest absolute Gasteiger partial charge is 0.508 e. The number of aryl methyl sites for hydroxylation is 1. The summed E-state index contributed by atoms with van der Waals surface area (Å²) >= 11 is 0. The van der Waals surface area contributed by atoms with Crippen LogP contribution in [0.1, 0.15) is 49.8 Å². The number of ether oxygens (including phenoxy) is 1. The number of aromatic hydroxyl groups is 1. The highest BCUT2D eigenvalue weighted by molar-refractivity contribution is 6.01. The van der Waals surface area contributed by atoms with Gasteiger partial charge in [-0.25, -0.2) is 13.2 Å². The fourth-order valence-corrected chi connectivity index (χ4v) is 8.64. The molecule has 12 heteroatoms. The fraction of sp³-hybridized carbons (Fsp3) is 0.471. The molecule has 1 spiro atoms. The maximum atomic E-state index is 16.8. The van der Waals surface area contributed by atoms with E-state index in [0.29, 0.717) is 66.3 Å². The summed E-state index contributed by atoms with van der Waals surface area (Å²) < 4.78 is 52.4. The summed E-state index contributed by atoms with van der Waals surface area (Å²) in [5.74, 6) is -3.18. The minimum absolute atomic E-state index is 0.0635. The SMILES string of the molecule is CCc1c(F)ccc2cc(O)cc(-c3ncc4c(C5CC56CNCC6C(=O)O)nc(OC[C@@]56CCCN5C[C@H](F)C6)nc4c3F)c12. The highest BCUT2D eigenvalue weighted by Crippen LogP contribution is 2.65. The minimum atomic E-state index is -0.952. The molecule has 1 saturated carbocycles. The first kappa shape index (κ1) is 29.4. The molecule has 1 aliphatic carbocycles. The van der Waals surface area contributed by atoms with E-state index < -0.39 is 40.6 Å². The number of benzene rings is 2. The number of rotatable bonds is 7. The Balaban J connectivity index is 1.28. The molecule has 240 valence electrons. The van der Waals surface area contributed by atoms with Gasteiger partial charge in [-0.3, -0.25) is 14.7 Å². The van der Waals surface area contributed by atoms with Crippen molar-refractivity contribution in [2.24, 2.45) is 11.3 Å². The minimum Gasteiger partial charge on any atom is -0.508 e. The lowest BCUT2D eigenvalue weighted by atomic mass is 9.89. The zero-order valence-electron chi connectivity index (χ0n) is 25.3. The predicted molar refractivity (Wildman–Crippen MR) is 164 cm³/mol. The van der Waals surface area contributed by atoms with Gasteiger partial charge in [-0.15, -0.1) is 0 Å². The van der Waals surface area contributed by atoms with Gasteiger partial charge >= 0.3 is 12.0 Å². The Morgan fingerprint density at radius 3 is 2.87 bits per heavy atom. The van der Waals surface area contributed by atoms with E-state index in [0.717, 1.165) is 19.4 Å². The zero-order chi connectivity index (χ0) is 32.0. The molecule has 3 N–H and O–H groups in total. The maximum absolute atomic E-state index is 16.8. The van der Waals surface area contributed by atoms with Gasteiger partial charge in [-0.2, -0.15) is 9.97 Å². The van der Waals surface area contributed by atoms with Crippen molar-refractivity contribution < 1.29 is 32.9 Å². The number of fused-ring (bicyclic) bond motifs is 3. The van der Waals surface area contributed by atoms with Gasteiger partial charge in [0.05, 0.1) is 17.2 Å². The Labute approximate surface area is 262 Å². The van der Waals surface area contributed by atoms with E-state index in [1.165, 1.54) is 30.5 Å². The fourth-order valence-electron chi connectivity index (χ4n) is 8.64. The van der Waals surface area contributed by atoms with Crippen molar-refractivity contribution >= 4 is 27.6 Å². The van der Waals surface area contributed by atoms with Gasteiger partial charge in [0.25, 0.3) is 0 Å². The van der Waals surface area contributed by atoms with Gasteiger partial charge in [0.15, 0.2) is 5.82 Å². The molecular weight excluding hydrogens is 599 g/mol. The quantitative estimate of drug-likeness (QED) is 0.255. The zero-order valence-corrected chi connectivity index (χ0v) is 25.3. The summed E-state index contributed by atoms with van der Waals surface area (Å²) in [5, 5.41) is 25.0. The molecule has 4 aliphatic rings. The van der Waals surface area contributed by atoms with Crippen LogP contribution in [0, 0.1) is 23.0 Å². The average Bonchev–Trinajstić information content (AvgIpc) is 3.24. The number of pyridine rings is 1. The molecular formula is C34H34F3N5O4. The van der Waals surface area contributed by atoms with Crippen LogP contribution in [0.15, 0.2) is 30.5 Å². The summed E-state index contributed by atoms with van der Waals surface area (Å²) in [4.78, 5) is 28.0. The molecule has 5 atom stereocenters. The van der Waals surface area contributed by atoms with Gasteiger partial charge in [-0.05, 0) is 66.8 Å². The van der Waals surface area contributed by atoms with Crippen LogP contribution in [-0.4, -0.2) is 80.5 Å². The molecule has 2 aromatic heterocycles. The second-order valence-electron chi connectivity index (χ2n) is 13.4. The number of aromatic nitrogens is 3. The third-order valence-corrected chi connectivity index (χ3v) is 10.9. The van der Waals surface area contributed by atoms with E-state index in [1.807, 2.05) is 0 Å². The number of hydrogen-bond acceptors (Lipinski definition) is 8. The van der Waals surface area contributed by atoms with Crippen molar-refractivity contribution in [3.8, 4) is 23.0 Å². The van der Waals surface area contributed by atoms with Crippen molar-refractivity contribution in [3.63, 3.8) is 0 Å². The van der Waals surface area contributed by atoms with Crippen LogP contribution in [0.4, 0.5) is 13.2 Å². The molecule has 2 aromatic carbocycles. The van der Waals surface area contributed by atoms with Crippen molar-refractivity contribution in [2.75, 3.05) is 32.8 Å². The number of carboxylic acid groups (broad SMARTS) is 1. The molecule has 3 aliphatic heterocycles. The Hall–Kier alpha value is -4.03. The van der Waals surface area contributed by atoms with Crippen LogP contribution in [0.25, 0.3) is 32.9 Å². The van der Waals surface area contributed by atoms with Gasteiger partial charge in [0, 0.05) is 54.5 Å².